The summed E-state index contributed by atoms with van der Waals surface area (Å²) < 4.78 is 0.104. The van der Waals surface area contributed by atoms with Gasteiger partial charge in [-0.2, -0.15) is 0 Å². The van der Waals surface area contributed by atoms with E-state index in [1.165, 1.54) is 0 Å². The molecule has 0 unspecified atom stereocenters. The lowest BCUT2D eigenvalue weighted by atomic mass is 11.9. The largest absolute Gasteiger partial charge is 0.166 e. The smallest absolute Gasteiger partial charge is 0.141 e. The highest BCUT2D eigenvalue weighted by Crippen LogP contribution is 2.38. The van der Waals surface area contributed by atoms with E-state index in [0.29, 0.717) is 0 Å². The van der Waals surface area contributed by atoms with Gasteiger partial charge in [-0.05, 0) is 67.8 Å². The van der Waals surface area contributed by atoms with Gasteiger partial charge >= 0.3 is 0 Å². The highest BCUT2D eigenvalue weighted by molar-refractivity contribution is 14.3. The Morgan fingerprint density at radius 1 is 1.20 bits per heavy atom. The van der Waals surface area contributed by atoms with Crippen molar-refractivity contribution in [3.05, 3.63) is 0 Å². The number of alkyl halides is 3. The second-order valence-electron chi connectivity index (χ2n) is 0.468. The quantitative estimate of drug-likeness (QED) is 0.344. The monoisotopic (exact) mass is 426 g/mol. The molecular formula is CHI3S. The fourth-order valence-electron chi connectivity index (χ4n) is 0. The van der Waals surface area contributed by atoms with E-state index in [-0.39, 0.29) is -1.23 Å². The molecule has 0 radical (unpaired) electrons. The van der Waals surface area contributed by atoms with Crippen molar-refractivity contribution >= 4 is 80.4 Å². The minimum absolute atomic E-state index is 0.104. The number of halogens is 3. The van der Waals surface area contributed by atoms with Gasteiger partial charge in [0.1, 0.15) is 0 Å². The minimum Gasteiger partial charge on any atom is -0.141 e. The Morgan fingerprint density at radius 2 is 1.20 bits per heavy atom. The van der Waals surface area contributed by atoms with Gasteiger partial charge in [0.05, 0.1) is 0 Å². The topological polar surface area (TPSA) is 0 Å². The number of hydrogen-bond donors (Lipinski definition) is 1. The molecule has 0 aromatic heterocycles. The second-order valence-corrected chi connectivity index (χ2v) is 14.7. The zero-order valence-electron chi connectivity index (χ0n) is 2.08. The standard InChI is InChI=1S/CHI3S/c2-1(3,4)5/h5H. The van der Waals surface area contributed by atoms with Crippen LogP contribution in [0.5, 0.6) is 0 Å². The Balaban J connectivity index is 3.02. The summed E-state index contributed by atoms with van der Waals surface area (Å²) in [6.45, 7) is 0. The van der Waals surface area contributed by atoms with Gasteiger partial charge < -0.3 is 0 Å². The first-order valence-electron chi connectivity index (χ1n) is 0.791. The molecule has 0 nitrogen and oxygen atoms in total. The molecule has 0 atom stereocenters. The lowest BCUT2D eigenvalue weighted by molar-refractivity contribution is 2.29. The Kier molecular flexibility index (Phi) is 4.15. The summed E-state index contributed by atoms with van der Waals surface area (Å²) in [7, 11) is 0. The van der Waals surface area contributed by atoms with Crippen molar-refractivity contribution in [3.63, 3.8) is 0 Å². The zero-order chi connectivity index (χ0) is 4.50. The molecule has 0 aromatic rings. The van der Waals surface area contributed by atoms with Gasteiger partial charge in [-0.1, -0.05) is 0 Å². The summed E-state index contributed by atoms with van der Waals surface area (Å²) in [5.41, 5.74) is 0. The third-order valence-corrected chi connectivity index (χ3v) is 0. The molecule has 5 heavy (non-hydrogen) atoms. The second kappa shape index (κ2) is 2.75. The van der Waals surface area contributed by atoms with Crippen molar-refractivity contribution in [1.29, 1.82) is 0 Å². The first kappa shape index (κ1) is 7.54. The van der Waals surface area contributed by atoms with Gasteiger partial charge in [0.15, 0.2) is -1.23 Å². The number of hydrogen-bond acceptors (Lipinski definition) is 1. The first-order valence-corrected chi connectivity index (χ1v) is 4.47. The third-order valence-electron chi connectivity index (χ3n) is 0. The maximum absolute atomic E-state index is 4.08. The molecule has 0 aliphatic carbocycles. The van der Waals surface area contributed by atoms with E-state index in [1.54, 1.807) is 0 Å². The van der Waals surface area contributed by atoms with E-state index >= 15 is 0 Å². The summed E-state index contributed by atoms with van der Waals surface area (Å²) in [4.78, 5) is 0. The molecule has 0 saturated heterocycles. The van der Waals surface area contributed by atoms with Crippen LogP contribution in [0.15, 0.2) is 0 Å². The molecule has 4 heteroatoms. The highest BCUT2D eigenvalue weighted by Gasteiger charge is 2.05. The van der Waals surface area contributed by atoms with E-state index in [0.717, 1.165) is 0 Å². The normalized spacial score (nSPS) is 12.0. The van der Waals surface area contributed by atoms with Gasteiger partial charge in [0.25, 0.3) is 0 Å². The highest BCUT2D eigenvalue weighted by atomic mass is 127. The number of thiol groups is 1. The van der Waals surface area contributed by atoms with Crippen molar-refractivity contribution in [3.8, 4) is 0 Å². The minimum atomic E-state index is 0.104. The molecule has 0 spiro atoms. The van der Waals surface area contributed by atoms with Crippen LogP contribution in [0.3, 0.4) is 0 Å². The fourth-order valence-corrected chi connectivity index (χ4v) is 0. The van der Waals surface area contributed by atoms with E-state index in [4.69, 9.17) is 0 Å². The summed E-state index contributed by atoms with van der Waals surface area (Å²) in [6, 6.07) is 0. The Morgan fingerprint density at radius 3 is 1.20 bits per heavy atom. The van der Waals surface area contributed by atoms with Crippen LogP contribution in [-0.4, -0.2) is -1.23 Å². The van der Waals surface area contributed by atoms with Crippen LogP contribution in [-0.2, 0) is 0 Å². The van der Waals surface area contributed by atoms with Crippen molar-refractivity contribution in [1.82, 2.24) is 0 Å². The maximum atomic E-state index is 4.08. The average Bonchev–Trinajstić information content (AvgIpc) is 0.722. The van der Waals surface area contributed by atoms with Crippen molar-refractivity contribution < 1.29 is 0 Å². The van der Waals surface area contributed by atoms with Crippen LogP contribution in [0.2, 0.25) is 0 Å². The summed E-state index contributed by atoms with van der Waals surface area (Å²) >= 11 is 10.7. The fraction of sp³-hybridized carbons (Fsp3) is 1.00. The van der Waals surface area contributed by atoms with Gasteiger partial charge in [-0.25, -0.2) is 0 Å². The number of rotatable bonds is 0. The van der Waals surface area contributed by atoms with Crippen LogP contribution in [0.4, 0.5) is 0 Å². The van der Waals surface area contributed by atoms with Crippen molar-refractivity contribution in [2.75, 3.05) is 0 Å². The Hall–Kier alpha value is 2.54. The molecule has 0 N–H and O–H groups in total. The molecule has 0 bridgehead atoms. The van der Waals surface area contributed by atoms with Crippen LogP contribution >= 0.6 is 80.4 Å². The summed E-state index contributed by atoms with van der Waals surface area (Å²) in [5.74, 6) is 0. The average molecular weight is 426 g/mol. The van der Waals surface area contributed by atoms with Gasteiger partial charge in [-0.15, -0.1) is 12.6 Å². The van der Waals surface area contributed by atoms with Gasteiger partial charge in [-0.3, -0.25) is 0 Å². The molecule has 0 amide bonds. The molecule has 0 aromatic carbocycles. The van der Waals surface area contributed by atoms with Crippen LogP contribution in [0, 0.1) is 0 Å². The predicted octanol–water partition coefficient (Wildman–Crippen LogP) is 2.83. The first-order chi connectivity index (χ1) is 2.00. The lowest BCUT2D eigenvalue weighted by Crippen LogP contribution is -1.76. The molecule has 32 valence electrons. The SMILES string of the molecule is SC(I)(I)I. The van der Waals surface area contributed by atoms with Crippen molar-refractivity contribution in [2.24, 2.45) is 0 Å². The van der Waals surface area contributed by atoms with E-state index in [1.807, 2.05) is 0 Å². The molecule has 0 fully saturated rings. The molecule has 0 heterocycles. The molecule has 0 aliphatic rings. The van der Waals surface area contributed by atoms with Crippen LogP contribution < -0.4 is 0 Å². The van der Waals surface area contributed by atoms with E-state index in [2.05, 4.69) is 80.4 Å². The molecule has 0 rings (SSSR count). The molecule has 0 saturated carbocycles. The summed E-state index contributed by atoms with van der Waals surface area (Å²) in [5, 5.41) is 0. The third kappa shape index (κ3) is 20.9. The van der Waals surface area contributed by atoms with Crippen molar-refractivity contribution in [2.45, 2.75) is -1.23 Å². The summed E-state index contributed by atoms with van der Waals surface area (Å²) in [6.07, 6.45) is 0. The van der Waals surface area contributed by atoms with Gasteiger partial charge in [0, 0.05) is 0 Å². The Labute approximate surface area is 77.7 Å². The van der Waals surface area contributed by atoms with Crippen LogP contribution in [0.25, 0.3) is 0 Å². The van der Waals surface area contributed by atoms with E-state index in [9.17, 15) is 0 Å². The van der Waals surface area contributed by atoms with Gasteiger partial charge in [0.2, 0.25) is 0 Å². The zero-order valence-corrected chi connectivity index (χ0v) is 9.45. The Bertz CT molecular complexity index is 22.4. The lowest BCUT2D eigenvalue weighted by Gasteiger charge is -1.95. The molecular weight excluding hydrogens is 425 g/mol. The predicted molar refractivity (Wildman–Crippen MR) is 53.8 cm³/mol. The van der Waals surface area contributed by atoms with Crippen LogP contribution in [0.1, 0.15) is 0 Å². The molecule has 0 aliphatic heterocycles. The van der Waals surface area contributed by atoms with E-state index < -0.39 is 0 Å². The maximum Gasteiger partial charge on any atom is 0.166 e.